The summed E-state index contributed by atoms with van der Waals surface area (Å²) in [5.74, 6) is 0.236. The molecule has 0 radical (unpaired) electrons. The minimum atomic E-state index is -0.236. The number of hydrogen-bond donors (Lipinski definition) is 2. The van der Waals surface area contributed by atoms with Crippen LogP contribution in [0.4, 0.5) is 5.69 Å². The van der Waals surface area contributed by atoms with Gasteiger partial charge in [-0.2, -0.15) is 0 Å². The molecule has 6 heteroatoms. The lowest BCUT2D eigenvalue weighted by molar-refractivity contribution is -0.114. The van der Waals surface area contributed by atoms with Crippen molar-refractivity contribution in [3.63, 3.8) is 0 Å². The third-order valence-corrected chi connectivity index (χ3v) is 5.60. The van der Waals surface area contributed by atoms with Gasteiger partial charge in [0.1, 0.15) is 5.84 Å². The summed E-state index contributed by atoms with van der Waals surface area (Å²) in [5.41, 5.74) is 12.0. The molecule has 0 spiro atoms. The average molecular weight is 479 g/mol. The van der Waals surface area contributed by atoms with E-state index in [0.29, 0.717) is 17.9 Å². The number of nitrogens with one attached hydrogen (secondary N) is 1. The molecule has 0 saturated carbocycles. The highest BCUT2D eigenvalue weighted by Crippen LogP contribution is 2.12. The van der Waals surface area contributed by atoms with Crippen molar-refractivity contribution in [2.24, 2.45) is 15.7 Å². The predicted octanol–water partition coefficient (Wildman–Crippen LogP) is 4.94. The van der Waals surface area contributed by atoms with E-state index in [0.717, 1.165) is 33.5 Å². The Bertz CT molecular complexity index is 1210. The summed E-state index contributed by atoms with van der Waals surface area (Å²) in [6.07, 6.45) is 6.94. The molecule has 0 heterocycles. The van der Waals surface area contributed by atoms with Gasteiger partial charge in [-0.25, -0.2) is 0 Å². The number of amidine groups is 1. The molecule has 0 atom stereocenters. The summed E-state index contributed by atoms with van der Waals surface area (Å²) < 4.78 is 0. The van der Waals surface area contributed by atoms with Gasteiger partial charge in [0.15, 0.2) is 5.78 Å². The normalized spacial score (nSPS) is 12.3. The second kappa shape index (κ2) is 12.8. The SMILES string of the molecule is CN=C(C)c1ccc(CC(=O)/C=C/c2ccc(/C=C\C(=O)Nc3ccc(C(N)=NC)cc3)cc2)cc1. The first kappa shape index (κ1) is 26.0. The van der Waals surface area contributed by atoms with Crippen LogP contribution in [0.5, 0.6) is 0 Å². The molecule has 0 fully saturated rings. The first-order valence-corrected chi connectivity index (χ1v) is 11.5. The van der Waals surface area contributed by atoms with Crippen molar-refractivity contribution in [2.75, 3.05) is 19.4 Å². The zero-order valence-electron chi connectivity index (χ0n) is 20.7. The molecule has 0 unspecified atom stereocenters. The van der Waals surface area contributed by atoms with E-state index >= 15 is 0 Å². The van der Waals surface area contributed by atoms with Crippen molar-refractivity contribution in [1.82, 2.24) is 0 Å². The number of ketones is 1. The molecule has 3 rings (SSSR count). The van der Waals surface area contributed by atoms with E-state index in [1.54, 1.807) is 56.6 Å². The van der Waals surface area contributed by atoms with Gasteiger partial charge in [0.2, 0.25) is 5.91 Å². The molecule has 3 aromatic carbocycles. The van der Waals surface area contributed by atoms with Crippen LogP contribution >= 0.6 is 0 Å². The number of aliphatic imine (C=N–C) groups is 2. The largest absolute Gasteiger partial charge is 0.384 e. The Kier molecular flexibility index (Phi) is 9.23. The molecule has 0 aliphatic carbocycles. The standard InChI is InChI=1S/C30H30N4O2/c1-21(32-2)25-12-8-24(9-13-25)20-28(35)18-10-22-4-6-23(7-5-22)11-19-29(36)34-27-16-14-26(15-17-27)30(31)33-3/h4-19H,20H2,1-3H3,(H2,31,33)(H,34,36)/b18-10+,19-11-,32-21?. The smallest absolute Gasteiger partial charge is 0.248 e. The number of carbonyl (C=O) groups is 2. The average Bonchev–Trinajstić information content (AvgIpc) is 2.91. The van der Waals surface area contributed by atoms with E-state index in [9.17, 15) is 9.59 Å². The summed E-state index contributed by atoms with van der Waals surface area (Å²) in [7, 11) is 3.39. The molecular weight excluding hydrogens is 448 g/mol. The summed E-state index contributed by atoms with van der Waals surface area (Å²) in [6, 6.07) is 22.6. The van der Waals surface area contributed by atoms with Crippen LogP contribution in [0.25, 0.3) is 12.2 Å². The summed E-state index contributed by atoms with van der Waals surface area (Å²) in [5, 5.41) is 2.81. The lowest BCUT2D eigenvalue weighted by atomic mass is 10.0. The Balaban J connectivity index is 1.51. The van der Waals surface area contributed by atoms with Gasteiger partial charge in [0.05, 0.1) is 0 Å². The molecule has 6 nitrogen and oxygen atoms in total. The lowest BCUT2D eigenvalue weighted by Gasteiger charge is -2.04. The minimum absolute atomic E-state index is 0.0296. The fraction of sp³-hybridized carbons (Fsp3) is 0.133. The number of allylic oxidation sites excluding steroid dienone is 1. The molecule has 36 heavy (non-hydrogen) atoms. The Hall–Kier alpha value is -4.58. The molecule has 0 aliphatic rings. The number of anilines is 1. The molecule has 0 bridgehead atoms. The van der Waals surface area contributed by atoms with Crippen LogP contribution in [0.2, 0.25) is 0 Å². The first-order chi connectivity index (χ1) is 17.4. The maximum absolute atomic E-state index is 12.3. The van der Waals surface area contributed by atoms with Crippen molar-refractivity contribution in [3.8, 4) is 0 Å². The van der Waals surface area contributed by atoms with E-state index in [1.807, 2.05) is 55.5 Å². The van der Waals surface area contributed by atoms with Gasteiger partial charge in [-0.15, -0.1) is 0 Å². The highest BCUT2D eigenvalue weighted by atomic mass is 16.1. The number of rotatable bonds is 9. The maximum Gasteiger partial charge on any atom is 0.248 e. The Morgan fingerprint density at radius 3 is 1.89 bits per heavy atom. The fourth-order valence-electron chi connectivity index (χ4n) is 3.37. The monoisotopic (exact) mass is 478 g/mol. The van der Waals surface area contributed by atoms with Gasteiger partial charge in [-0.1, -0.05) is 54.6 Å². The molecular formula is C30H30N4O2. The molecule has 0 aromatic heterocycles. The molecule has 3 N–H and O–H groups in total. The summed E-state index contributed by atoms with van der Waals surface area (Å²) >= 11 is 0. The van der Waals surface area contributed by atoms with Gasteiger partial charge in [0.25, 0.3) is 0 Å². The minimum Gasteiger partial charge on any atom is -0.384 e. The van der Waals surface area contributed by atoms with Crippen molar-refractivity contribution < 1.29 is 9.59 Å². The Morgan fingerprint density at radius 2 is 1.33 bits per heavy atom. The first-order valence-electron chi connectivity index (χ1n) is 11.5. The highest BCUT2D eigenvalue weighted by molar-refractivity contribution is 6.03. The molecule has 182 valence electrons. The molecule has 0 aliphatic heterocycles. The Labute approximate surface area is 212 Å². The maximum atomic E-state index is 12.3. The lowest BCUT2D eigenvalue weighted by Crippen LogP contribution is -2.13. The van der Waals surface area contributed by atoms with Gasteiger partial charge < -0.3 is 11.1 Å². The van der Waals surface area contributed by atoms with Gasteiger partial charge in [0, 0.05) is 43.6 Å². The van der Waals surface area contributed by atoms with E-state index < -0.39 is 0 Å². The summed E-state index contributed by atoms with van der Waals surface area (Å²) in [4.78, 5) is 32.7. The van der Waals surface area contributed by atoms with Crippen LogP contribution < -0.4 is 11.1 Å². The van der Waals surface area contributed by atoms with Crippen molar-refractivity contribution in [1.29, 1.82) is 0 Å². The highest BCUT2D eigenvalue weighted by Gasteiger charge is 2.03. The van der Waals surface area contributed by atoms with Crippen LogP contribution in [0, 0.1) is 0 Å². The number of carbonyl (C=O) groups excluding carboxylic acids is 2. The van der Waals surface area contributed by atoms with Crippen molar-refractivity contribution in [3.05, 3.63) is 113 Å². The van der Waals surface area contributed by atoms with E-state index in [1.165, 1.54) is 6.08 Å². The van der Waals surface area contributed by atoms with Crippen LogP contribution in [0.3, 0.4) is 0 Å². The van der Waals surface area contributed by atoms with Crippen LogP contribution in [-0.2, 0) is 16.0 Å². The van der Waals surface area contributed by atoms with Gasteiger partial charge in [-0.05, 0) is 65.6 Å². The zero-order chi connectivity index (χ0) is 25.9. The number of benzene rings is 3. The van der Waals surface area contributed by atoms with Crippen molar-refractivity contribution in [2.45, 2.75) is 13.3 Å². The summed E-state index contributed by atoms with van der Waals surface area (Å²) in [6.45, 7) is 1.96. The molecule has 3 aromatic rings. The van der Waals surface area contributed by atoms with E-state index in [-0.39, 0.29) is 11.7 Å². The second-order valence-corrected chi connectivity index (χ2v) is 8.16. The van der Waals surface area contributed by atoms with Crippen molar-refractivity contribution >= 4 is 41.1 Å². The number of hydrogen-bond acceptors (Lipinski definition) is 4. The topological polar surface area (TPSA) is 96.9 Å². The number of amides is 1. The molecule has 1 amide bonds. The Morgan fingerprint density at radius 1 is 0.778 bits per heavy atom. The third kappa shape index (κ3) is 7.74. The fourth-order valence-corrected chi connectivity index (χ4v) is 3.37. The molecule has 0 saturated heterocycles. The number of nitrogens with two attached hydrogens (primary N) is 1. The number of nitrogens with zero attached hydrogens (tertiary/aromatic N) is 2. The van der Waals surface area contributed by atoms with Crippen LogP contribution in [0.15, 0.2) is 94.9 Å². The van der Waals surface area contributed by atoms with Crippen LogP contribution in [0.1, 0.15) is 34.7 Å². The van der Waals surface area contributed by atoms with E-state index in [4.69, 9.17) is 5.73 Å². The van der Waals surface area contributed by atoms with E-state index in [2.05, 4.69) is 15.3 Å². The third-order valence-electron chi connectivity index (χ3n) is 5.60. The predicted molar refractivity (Wildman–Crippen MR) is 150 cm³/mol. The second-order valence-electron chi connectivity index (χ2n) is 8.16. The van der Waals surface area contributed by atoms with Gasteiger partial charge >= 0.3 is 0 Å². The van der Waals surface area contributed by atoms with Gasteiger partial charge in [-0.3, -0.25) is 19.6 Å². The quantitative estimate of drug-likeness (QED) is 0.259. The van der Waals surface area contributed by atoms with Crippen LogP contribution in [-0.4, -0.2) is 37.3 Å². The zero-order valence-corrected chi connectivity index (χ0v) is 20.7.